The van der Waals surface area contributed by atoms with Gasteiger partial charge in [0.25, 0.3) is 0 Å². The Morgan fingerprint density at radius 3 is 2.22 bits per heavy atom. The van der Waals surface area contributed by atoms with Crippen molar-refractivity contribution in [3.8, 4) is 0 Å². The standard InChI is InChI=1S/C14H15FN2O2.C9H14N2O2S.C7H14O/c1-8(14(18)19-2)5-10-6-9-3-4-17-13(16)11(9)7-12(10)15;1-7-5-8(14(4,12)13)6-10-9(7)11(2)3;1-4-5-6(2)7(3)8/h3-4,6-8H,5H2,1-2H3,(H2,16,17);5-6H,1-4H3;6H,4-5H2,1-3H3. The molecule has 0 saturated carbocycles. The zero-order valence-electron chi connectivity index (χ0n) is 25.5. The number of ether oxygens (including phenoxy) is 1. The van der Waals surface area contributed by atoms with E-state index in [9.17, 15) is 22.4 Å². The van der Waals surface area contributed by atoms with Crippen LogP contribution in [-0.2, 0) is 30.6 Å². The van der Waals surface area contributed by atoms with E-state index in [1.165, 1.54) is 25.6 Å². The van der Waals surface area contributed by atoms with Gasteiger partial charge in [0.15, 0.2) is 9.84 Å². The van der Waals surface area contributed by atoms with Gasteiger partial charge in [0, 0.05) is 44.0 Å². The molecule has 0 aliphatic rings. The number of aryl methyl sites for hydroxylation is 1. The Morgan fingerprint density at radius 2 is 1.76 bits per heavy atom. The van der Waals surface area contributed by atoms with Gasteiger partial charge in [-0.3, -0.25) is 9.59 Å². The summed E-state index contributed by atoms with van der Waals surface area (Å²) in [4.78, 5) is 32.0. The first kappa shape index (κ1) is 35.4. The summed E-state index contributed by atoms with van der Waals surface area (Å²) in [5.41, 5.74) is 7.02. The van der Waals surface area contributed by atoms with Gasteiger partial charge in [0.05, 0.1) is 17.9 Å². The minimum atomic E-state index is -3.15. The number of sulfone groups is 1. The zero-order valence-corrected chi connectivity index (χ0v) is 26.3. The van der Waals surface area contributed by atoms with Crippen molar-refractivity contribution >= 4 is 44.0 Å². The van der Waals surface area contributed by atoms with E-state index in [1.807, 2.05) is 32.8 Å². The fraction of sp³-hybridized carbons (Fsp3) is 0.467. The van der Waals surface area contributed by atoms with Gasteiger partial charge in [-0.2, -0.15) is 0 Å². The normalized spacial score (nSPS) is 12.2. The number of nitrogens with zero attached hydrogens (tertiary/aromatic N) is 3. The molecule has 3 aromatic rings. The van der Waals surface area contributed by atoms with Crippen LogP contribution in [0.4, 0.5) is 16.0 Å². The lowest BCUT2D eigenvalue weighted by Gasteiger charge is -2.14. The third-order valence-electron chi connectivity index (χ3n) is 6.38. The molecule has 0 fully saturated rings. The van der Waals surface area contributed by atoms with Crippen molar-refractivity contribution in [3.05, 3.63) is 53.6 Å². The number of anilines is 2. The fourth-order valence-electron chi connectivity index (χ4n) is 3.88. The van der Waals surface area contributed by atoms with E-state index in [-0.39, 0.29) is 29.0 Å². The summed E-state index contributed by atoms with van der Waals surface area (Å²) in [6.45, 7) is 9.28. The molecule has 0 spiro atoms. The molecule has 2 atom stereocenters. The number of carbonyl (C=O) groups is 2. The number of rotatable bonds is 8. The van der Waals surface area contributed by atoms with Crippen LogP contribution in [0.25, 0.3) is 10.8 Å². The molecule has 2 aromatic heterocycles. The first-order chi connectivity index (χ1) is 19.0. The van der Waals surface area contributed by atoms with Gasteiger partial charge in [0.1, 0.15) is 23.2 Å². The van der Waals surface area contributed by atoms with Crippen LogP contribution >= 0.6 is 0 Å². The summed E-state index contributed by atoms with van der Waals surface area (Å²) in [7, 11) is 1.91. The van der Waals surface area contributed by atoms with E-state index < -0.39 is 15.8 Å². The Morgan fingerprint density at radius 1 is 1.12 bits per heavy atom. The number of benzene rings is 1. The van der Waals surface area contributed by atoms with Crippen LogP contribution in [0.5, 0.6) is 0 Å². The van der Waals surface area contributed by atoms with Gasteiger partial charge < -0.3 is 15.4 Å². The highest BCUT2D eigenvalue weighted by Crippen LogP contribution is 2.24. The van der Waals surface area contributed by atoms with Crippen LogP contribution in [0, 0.1) is 24.6 Å². The monoisotopic (exact) mass is 590 g/mol. The number of ketones is 1. The molecule has 0 aliphatic carbocycles. The average molecular weight is 591 g/mol. The SMILES string of the molecule is CCCC(C)C(C)=O.COC(=O)C(C)Cc1cc2ccnc(N)c2cc1F.Cc1cc(S(C)(=O)=O)cnc1N(C)C. The first-order valence-corrected chi connectivity index (χ1v) is 15.2. The molecule has 2 N–H and O–H groups in total. The van der Waals surface area contributed by atoms with Crippen molar-refractivity contribution in [2.24, 2.45) is 11.8 Å². The van der Waals surface area contributed by atoms with Crippen molar-refractivity contribution in [2.75, 3.05) is 38.1 Å². The van der Waals surface area contributed by atoms with Crippen LogP contribution in [0.2, 0.25) is 0 Å². The number of aromatic nitrogens is 2. The molecule has 0 saturated heterocycles. The second kappa shape index (κ2) is 16.0. The van der Waals surface area contributed by atoms with Crippen LogP contribution in [-0.4, -0.2) is 57.6 Å². The van der Waals surface area contributed by atoms with Gasteiger partial charge in [-0.1, -0.05) is 27.2 Å². The highest BCUT2D eigenvalue weighted by molar-refractivity contribution is 7.90. The molecule has 0 amide bonds. The molecule has 41 heavy (non-hydrogen) atoms. The highest BCUT2D eigenvalue weighted by Gasteiger charge is 2.17. The van der Waals surface area contributed by atoms with E-state index in [0.717, 1.165) is 29.6 Å². The van der Waals surface area contributed by atoms with Gasteiger partial charge in [-0.25, -0.2) is 22.8 Å². The third kappa shape index (κ3) is 11.1. The molecule has 11 heteroatoms. The second-order valence-corrected chi connectivity index (χ2v) is 12.3. The van der Waals surface area contributed by atoms with Gasteiger partial charge in [-0.05, 0) is 67.5 Å². The number of fused-ring (bicyclic) bond motifs is 1. The lowest BCUT2D eigenvalue weighted by atomic mass is 9.98. The van der Waals surface area contributed by atoms with Crippen molar-refractivity contribution in [1.29, 1.82) is 0 Å². The number of pyridine rings is 2. The number of halogens is 1. The topological polar surface area (TPSA) is 133 Å². The molecule has 3 rings (SSSR count). The first-order valence-electron chi connectivity index (χ1n) is 13.3. The van der Waals surface area contributed by atoms with E-state index >= 15 is 0 Å². The maximum absolute atomic E-state index is 14.0. The number of methoxy groups -OCH3 is 1. The second-order valence-electron chi connectivity index (χ2n) is 10.3. The number of nitrogens with two attached hydrogens (primary N) is 1. The number of hydrogen-bond donors (Lipinski definition) is 1. The van der Waals surface area contributed by atoms with Crippen molar-refractivity contribution in [2.45, 2.75) is 58.8 Å². The lowest BCUT2D eigenvalue weighted by molar-refractivity contribution is -0.144. The summed E-state index contributed by atoms with van der Waals surface area (Å²) < 4.78 is 41.1. The number of hydrogen-bond acceptors (Lipinski definition) is 9. The molecule has 226 valence electrons. The molecular formula is C30H43FN4O5S. The molecule has 9 nitrogen and oxygen atoms in total. The van der Waals surface area contributed by atoms with Crippen LogP contribution in [0.15, 0.2) is 41.6 Å². The molecule has 0 aliphatic heterocycles. The van der Waals surface area contributed by atoms with Crippen LogP contribution in [0.1, 0.15) is 51.7 Å². The summed E-state index contributed by atoms with van der Waals surface area (Å²) in [6.07, 6.45) is 6.58. The summed E-state index contributed by atoms with van der Waals surface area (Å²) in [5.74, 6) is 0.543. The van der Waals surface area contributed by atoms with Gasteiger partial charge in [0.2, 0.25) is 0 Å². The third-order valence-corrected chi connectivity index (χ3v) is 7.46. The molecule has 0 radical (unpaired) electrons. The minimum Gasteiger partial charge on any atom is -0.469 e. The largest absolute Gasteiger partial charge is 0.469 e. The lowest BCUT2D eigenvalue weighted by Crippen LogP contribution is -2.15. The van der Waals surface area contributed by atoms with E-state index in [4.69, 9.17) is 5.73 Å². The predicted octanol–water partition coefficient (Wildman–Crippen LogP) is 5.18. The Bertz CT molecular complexity index is 1440. The highest BCUT2D eigenvalue weighted by atomic mass is 32.2. The Hall–Kier alpha value is -3.60. The van der Waals surface area contributed by atoms with Crippen molar-refractivity contribution < 1.29 is 27.1 Å². The van der Waals surface area contributed by atoms with E-state index in [1.54, 1.807) is 38.2 Å². The molecule has 2 unspecified atom stereocenters. The number of carbonyl (C=O) groups excluding carboxylic acids is 2. The Balaban J connectivity index is 0.000000336. The average Bonchev–Trinajstić information content (AvgIpc) is 2.89. The fourth-order valence-corrected chi connectivity index (χ4v) is 4.52. The van der Waals surface area contributed by atoms with E-state index in [2.05, 4.69) is 21.6 Å². The molecular weight excluding hydrogens is 547 g/mol. The van der Waals surface area contributed by atoms with Gasteiger partial charge in [-0.15, -0.1) is 0 Å². The smallest absolute Gasteiger partial charge is 0.308 e. The van der Waals surface area contributed by atoms with Gasteiger partial charge >= 0.3 is 5.97 Å². The maximum atomic E-state index is 14.0. The van der Waals surface area contributed by atoms with Crippen molar-refractivity contribution in [3.63, 3.8) is 0 Å². The summed E-state index contributed by atoms with van der Waals surface area (Å²) >= 11 is 0. The summed E-state index contributed by atoms with van der Waals surface area (Å²) in [6, 6.07) is 6.45. The van der Waals surface area contributed by atoms with Crippen molar-refractivity contribution in [1.82, 2.24) is 9.97 Å². The Kier molecular flexibility index (Phi) is 13.8. The van der Waals surface area contributed by atoms with Crippen LogP contribution < -0.4 is 10.6 Å². The number of Topliss-reactive ketones (excluding diaryl/α,β-unsaturated/α-hetero) is 1. The molecule has 0 bridgehead atoms. The van der Waals surface area contributed by atoms with E-state index in [0.29, 0.717) is 22.6 Å². The molecule has 1 aromatic carbocycles. The number of esters is 1. The summed E-state index contributed by atoms with van der Waals surface area (Å²) in [5, 5.41) is 1.38. The quantitative estimate of drug-likeness (QED) is 0.352. The maximum Gasteiger partial charge on any atom is 0.308 e. The van der Waals surface area contributed by atoms with Crippen LogP contribution in [0.3, 0.4) is 0 Å². The minimum absolute atomic E-state index is 0.264. The zero-order chi connectivity index (χ0) is 31.5. The Labute approximate surface area is 243 Å². The predicted molar refractivity (Wildman–Crippen MR) is 162 cm³/mol. The molecule has 2 heterocycles. The number of nitrogen functional groups attached to an aromatic ring is 1.